The molecule has 0 heterocycles. The highest BCUT2D eigenvalue weighted by Crippen LogP contribution is 2.13. The number of esters is 2. The Bertz CT molecular complexity index is 1200. The lowest BCUT2D eigenvalue weighted by Gasteiger charge is -2.18. The molecule has 0 fully saturated rings. The largest absolute Gasteiger partial charge is 0.462 e. The van der Waals surface area contributed by atoms with Gasteiger partial charge in [0, 0.05) is 19.4 Å². The summed E-state index contributed by atoms with van der Waals surface area (Å²) in [6.07, 6.45) is 69.8. The van der Waals surface area contributed by atoms with Gasteiger partial charge in [-0.2, -0.15) is 0 Å². The molecule has 0 aliphatic heterocycles. The van der Waals surface area contributed by atoms with Gasteiger partial charge in [-0.15, -0.1) is 0 Å². The van der Waals surface area contributed by atoms with E-state index in [9.17, 15) is 9.59 Å². The number of carbonyl (C=O) groups is 2. The second-order valence-corrected chi connectivity index (χ2v) is 16.7. The molecular weight excluding hydrogens is 765 g/mol. The van der Waals surface area contributed by atoms with Gasteiger partial charge in [-0.3, -0.25) is 9.59 Å². The van der Waals surface area contributed by atoms with Crippen molar-refractivity contribution >= 4 is 11.9 Å². The first-order chi connectivity index (χ1) is 30.6. The molecule has 0 rings (SSSR count). The summed E-state index contributed by atoms with van der Waals surface area (Å²) in [5.74, 6) is -0.442. The minimum atomic E-state index is -0.557. The lowest BCUT2D eigenvalue weighted by molar-refractivity contribution is -0.163. The Morgan fingerprint density at radius 3 is 1.16 bits per heavy atom. The minimum Gasteiger partial charge on any atom is -0.462 e. The Balaban J connectivity index is 4.30. The summed E-state index contributed by atoms with van der Waals surface area (Å²) in [5, 5.41) is 0. The zero-order valence-corrected chi connectivity index (χ0v) is 40.6. The molecule has 0 aromatic heterocycles. The van der Waals surface area contributed by atoms with Crippen molar-refractivity contribution < 1.29 is 23.8 Å². The standard InChI is InChI=1S/C57H96O5/c1-4-7-10-13-16-19-22-24-26-28-29-31-32-34-36-38-41-44-47-50-56(58)61-54-55(53-60-52-49-46-43-40-21-18-15-12-9-6-3)62-57(59)51-48-45-42-39-37-35-33-30-27-25-23-20-17-14-11-8-5-2/h7-8,10-11,16-17,19-20,24-27,29,31,33,35,55H,4-6,9,12-15,18,21-23,28,30,32,34,36-54H2,1-3H3/b10-7-,11-8-,19-16-,20-17-,26-24-,27-25-,31-29-,35-33-. The Morgan fingerprint density at radius 2 is 0.726 bits per heavy atom. The third-order valence-electron chi connectivity index (χ3n) is 10.6. The Hall–Kier alpha value is -3.18. The first kappa shape index (κ1) is 58.8. The fourth-order valence-corrected chi connectivity index (χ4v) is 6.84. The third kappa shape index (κ3) is 49.5. The summed E-state index contributed by atoms with van der Waals surface area (Å²) >= 11 is 0. The van der Waals surface area contributed by atoms with Crippen LogP contribution in [0.1, 0.15) is 226 Å². The number of hydrogen-bond acceptors (Lipinski definition) is 5. The highest BCUT2D eigenvalue weighted by atomic mass is 16.6. The van der Waals surface area contributed by atoms with Gasteiger partial charge in [0.1, 0.15) is 6.61 Å². The summed E-state index contributed by atoms with van der Waals surface area (Å²) in [6, 6.07) is 0. The topological polar surface area (TPSA) is 61.8 Å². The van der Waals surface area contributed by atoms with Crippen LogP contribution in [0.4, 0.5) is 0 Å². The van der Waals surface area contributed by atoms with Gasteiger partial charge in [0.15, 0.2) is 6.10 Å². The van der Waals surface area contributed by atoms with Crippen molar-refractivity contribution in [2.24, 2.45) is 0 Å². The molecule has 0 spiro atoms. The molecule has 0 saturated heterocycles. The predicted octanol–water partition coefficient (Wildman–Crippen LogP) is 17.5. The number of rotatable bonds is 46. The highest BCUT2D eigenvalue weighted by Gasteiger charge is 2.17. The van der Waals surface area contributed by atoms with Gasteiger partial charge in [-0.1, -0.05) is 214 Å². The van der Waals surface area contributed by atoms with E-state index in [4.69, 9.17) is 14.2 Å². The van der Waals surface area contributed by atoms with E-state index < -0.39 is 6.10 Å². The van der Waals surface area contributed by atoms with Crippen LogP contribution in [0.15, 0.2) is 97.2 Å². The summed E-state index contributed by atoms with van der Waals surface area (Å²) in [6.45, 7) is 7.56. The normalized spacial score (nSPS) is 13.0. The highest BCUT2D eigenvalue weighted by molar-refractivity contribution is 5.70. The van der Waals surface area contributed by atoms with Crippen molar-refractivity contribution in [1.82, 2.24) is 0 Å². The molecule has 1 atom stereocenters. The molecule has 354 valence electrons. The van der Waals surface area contributed by atoms with Crippen molar-refractivity contribution in [3.8, 4) is 0 Å². The maximum Gasteiger partial charge on any atom is 0.306 e. The van der Waals surface area contributed by atoms with Gasteiger partial charge < -0.3 is 14.2 Å². The van der Waals surface area contributed by atoms with Gasteiger partial charge in [-0.25, -0.2) is 0 Å². The summed E-state index contributed by atoms with van der Waals surface area (Å²) in [5.41, 5.74) is 0. The number of carbonyl (C=O) groups excluding carboxylic acids is 2. The number of ether oxygens (including phenoxy) is 3. The lowest BCUT2D eigenvalue weighted by atomic mass is 10.1. The summed E-state index contributed by atoms with van der Waals surface area (Å²) < 4.78 is 17.4. The molecule has 62 heavy (non-hydrogen) atoms. The number of hydrogen-bond donors (Lipinski definition) is 0. The van der Waals surface area contributed by atoms with E-state index in [2.05, 4.69) is 118 Å². The van der Waals surface area contributed by atoms with Crippen molar-refractivity contribution in [1.29, 1.82) is 0 Å². The molecule has 0 bridgehead atoms. The van der Waals surface area contributed by atoms with Crippen LogP contribution in [0.3, 0.4) is 0 Å². The fourth-order valence-electron chi connectivity index (χ4n) is 6.84. The predicted molar refractivity (Wildman–Crippen MR) is 270 cm³/mol. The molecule has 0 radical (unpaired) electrons. The maximum atomic E-state index is 12.8. The molecular formula is C57H96O5. The minimum absolute atomic E-state index is 0.0643. The molecule has 5 heteroatoms. The molecule has 0 N–H and O–H groups in total. The van der Waals surface area contributed by atoms with E-state index >= 15 is 0 Å². The van der Waals surface area contributed by atoms with Gasteiger partial charge in [0.05, 0.1) is 6.61 Å². The van der Waals surface area contributed by atoms with E-state index in [0.29, 0.717) is 19.4 Å². The fraction of sp³-hybridized carbons (Fsp3) is 0.684. The number of allylic oxidation sites excluding steroid dienone is 16. The van der Waals surface area contributed by atoms with Crippen molar-refractivity contribution in [3.63, 3.8) is 0 Å². The van der Waals surface area contributed by atoms with Gasteiger partial charge in [-0.05, 0) is 96.3 Å². The quantitative estimate of drug-likeness (QED) is 0.0347. The second kappa shape index (κ2) is 52.2. The van der Waals surface area contributed by atoms with Crippen LogP contribution in [-0.4, -0.2) is 37.9 Å². The van der Waals surface area contributed by atoms with Crippen LogP contribution in [0.25, 0.3) is 0 Å². The van der Waals surface area contributed by atoms with Crippen LogP contribution >= 0.6 is 0 Å². The van der Waals surface area contributed by atoms with Gasteiger partial charge >= 0.3 is 11.9 Å². The molecule has 1 unspecified atom stereocenters. The lowest BCUT2D eigenvalue weighted by Crippen LogP contribution is -2.30. The first-order valence-electron chi connectivity index (χ1n) is 25.8. The zero-order chi connectivity index (χ0) is 44.9. The van der Waals surface area contributed by atoms with E-state index in [1.165, 1.54) is 70.6 Å². The number of unbranched alkanes of at least 4 members (excludes halogenated alkanes) is 19. The maximum absolute atomic E-state index is 12.8. The van der Waals surface area contributed by atoms with E-state index in [-0.39, 0.29) is 25.2 Å². The van der Waals surface area contributed by atoms with E-state index in [1.54, 1.807) is 0 Å². The average molecular weight is 861 g/mol. The third-order valence-corrected chi connectivity index (χ3v) is 10.6. The van der Waals surface area contributed by atoms with Crippen LogP contribution in [0.5, 0.6) is 0 Å². The van der Waals surface area contributed by atoms with Gasteiger partial charge in [0.25, 0.3) is 0 Å². The molecule has 0 aliphatic carbocycles. The Labute approximate surface area is 383 Å². The molecule has 0 aliphatic rings. The smallest absolute Gasteiger partial charge is 0.306 e. The van der Waals surface area contributed by atoms with E-state index in [1.807, 2.05) is 0 Å². The van der Waals surface area contributed by atoms with E-state index in [0.717, 1.165) is 122 Å². The second-order valence-electron chi connectivity index (χ2n) is 16.7. The molecule has 0 aromatic rings. The Kier molecular flexibility index (Phi) is 49.5. The SMILES string of the molecule is CC/C=C\C/C=C\C/C=C\C/C=C\CCCCCCCCC(=O)OCC(COCCCCCCCCCCCC)OC(=O)CCCCCC/C=C\C/C=C\C/C=C\C/C=C\CC. The van der Waals surface area contributed by atoms with Gasteiger partial charge in [0.2, 0.25) is 0 Å². The monoisotopic (exact) mass is 861 g/mol. The zero-order valence-electron chi connectivity index (χ0n) is 40.6. The van der Waals surface area contributed by atoms with Crippen LogP contribution < -0.4 is 0 Å². The molecule has 5 nitrogen and oxygen atoms in total. The molecule has 0 saturated carbocycles. The van der Waals surface area contributed by atoms with Crippen molar-refractivity contribution in [2.45, 2.75) is 232 Å². The van der Waals surface area contributed by atoms with Crippen molar-refractivity contribution in [3.05, 3.63) is 97.2 Å². The molecule has 0 aromatic carbocycles. The van der Waals surface area contributed by atoms with Crippen LogP contribution in [0, 0.1) is 0 Å². The summed E-state index contributed by atoms with van der Waals surface area (Å²) in [7, 11) is 0. The van der Waals surface area contributed by atoms with Crippen molar-refractivity contribution in [2.75, 3.05) is 19.8 Å². The average Bonchev–Trinajstić information content (AvgIpc) is 3.27. The first-order valence-corrected chi connectivity index (χ1v) is 25.8. The summed E-state index contributed by atoms with van der Waals surface area (Å²) in [4.78, 5) is 25.4. The Morgan fingerprint density at radius 1 is 0.371 bits per heavy atom. The van der Waals surface area contributed by atoms with Crippen LogP contribution in [0.2, 0.25) is 0 Å². The molecule has 0 amide bonds. The van der Waals surface area contributed by atoms with Crippen LogP contribution in [-0.2, 0) is 23.8 Å².